The summed E-state index contributed by atoms with van der Waals surface area (Å²) in [5, 5.41) is 0. The second-order valence-electron chi connectivity index (χ2n) is 6.59. The third-order valence-corrected chi connectivity index (χ3v) is 4.46. The van der Waals surface area contributed by atoms with Crippen LogP contribution in [0.15, 0.2) is 12.4 Å². The molecule has 5 heteroatoms. The number of unbranched alkanes of at least 4 members (excludes halogenated alkanes) is 7. The van der Waals surface area contributed by atoms with Gasteiger partial charge in [-0.3, -0.25) is 0 Å². The molecule has 1 heterocycles. The molecular formula is C19H31F3N2. The van der Waals surface area contributed by atoms with Gasteiger partial charge < -0.3 is 0 Å². The maximum atomic E-state index is 12.6. The van der Waals surface area contributed by atoms with Gasteiger partial charge in [0.25, 0.3) is 0 Å². The molecule has 1 rings (SSSR count). The lowest BCUT2D eigenvalue weighted by Crippen LogP contribution is -2.12. The molecule has 2 nitrogen and oxygen atoms in total. The summed E-state index contributed by atoms with van der Waals surface area (Å²) in [5.74, 6) is -0.760. The van der Waals surface area contributed by atoms with Crippen LogP contribution in [0.5, 0.6) is 0 Å². The second-order valence-corrected chi connectivity index (χ2v) is 6.59. The van der Waals surface area contributed by atoms with E-state index in [4.69, 9.17) is 0 Å². The van der Waals surface area contributed by atoms with Crippen molar-refractivity contribution in [3.8, 4) is 0 Å². The standard InChI is InChI=1S/C19H31F3N2/c1-3-5-7-9-11-13-16(12-10-8-6-4-2)17-14-23-18(24-15-17)19(20,21)22/h14-16H,3-13H2,1-2H3. The highest BCUT2D eigenvalue weighted by Crippen LogP contribution is 2.30. The van der Waals surface area contributed by atoms with E-state index in [0.29, 0.717) is 0 Å². The summed E-state index contributed by atoms with van der Waals surface area (Å²) in [4.78, 5) is 7.07. The molecule has 138 valence electrons. The van der Waals surface area contributed by atoms with Gasteiger partial charge in [0, 0.05) is 12.4 Å². The first kappa shape index (κ1) is 20.9. The van der Waals surface area contributed by atoms with E-state index in [9.17, 15) is 13.2 Å². The molecule has 1 unspecified atom stereocenters. The number of nitrogens with zero attached hydrogens (tertiary/aromatic N) is 2. The molecule has 0 bridgehead atoms. The van der Waals surface area contributed by atoms with E-state index in [1.165, 1.54) is 57.3 Å². The van der Waals surface area contributed by atoms with Crippen LogP contribution in [-0.2, 0) is 6.18 Å². The molecular weight excluding hydrogens is 313 g/mol. The van der Waals surface area contributed by atoms with Crippen molar-refractivity contribution >= 4 is 0 Å². The lowest BCUT2D eigenvalue weighted by Gasteiger charge is -2.17. The fourth-order valence-electron chi connectivity index (χ4n) is 2.98. The molecule has 0 aliphatic carbocycles. The molecule has 0 aliphatic heterocycles. The number of hydrogen-bond acceptors (Lipinski definition) is 2. The molecule has 0 spiro atoms. The minimum absolute atomic E-state index is 0.283. The highest BCUT2D eigenvalue weighted by molar-refractivity contribution is 5.12. The molecule has 0 fully saturated rings. The number of aromatic nitrogens is 2. The van der Waals surface area contributed by atoms with Crippen LogP contribution in [0.2, 0.25) is 0 Å². The SMILES string of the molecule is CCCCCCCC(CCCCCC)c1cnc(C(F)(F)F)nc1. The summed E-state index contributed by atoms with van der Waals surface area (Å²) in [6.07, 6.45) is 11.1. The van der Waals surface area contributed by atoms with E-state index < -0.39 is 12.0 Å². The van der Waals surface area contributed by atoms with E-state index >= 15 is 0 Å². The third-order valence-electron chi connectivity index (χ3n) is 4.46. The van der Waals surface area contributed by atoms with Crippen molar-refractivity contribution in [2.75, 3.05) is 0 Å². The molecule has 1 aromatic heterocycles. The summed E-state index contributed by atoms with van der Waals surface area (Å²) >= 11 is 0. The Balaban J connectivity index is 2.61. The Labute approximate surface area is 144 Å². The fourth-order valence-corrected chi connectivity index (χ4v) is 2.98. The number of rotatable bonds is 12. The lowest BCUT2D eigenvalue weighted by atomic mass is 9.89. The Hall–Kier alpha value is -1.13. The number of halogens is 3. The molecule has 0 saturated heterocycles. The average Bonchev–Trinajstić information content (AvgIpc) is 2.56. The van der Waals surface area contributed by atoms with Crippen molar-refractivity contribution in [3.63, 3.8) is 0 Å². The normalized spacial score (nSPS) is 13.2. The fraction of sp³-hybridized carbons (Fsp3) is 0.789. The van der Waals surface area contributed by atoms with Crippen LogP contribution < -0.4 is 0 Å². The van der Waals surface area contributed by atoms with E-state index in [1.54, 1.807) is 0 Å². The highest BCUT2D eigenvalue weighted by atomic mass is 19.4. The molecule has 0 saturated carbocycles. The predicted octanol–water partition coefficient (Wildman–Crippen LogP) is 6.91. The number of alkyl halides is 3. The minimum atomic E-state index is -4.46. The van der Waals surface area contributed by atoms with Crippen LogP contribution in [0.1, 0.15) is 102 Å². The van der Waals surface area contributed by atoms with Gasteiger partial charge >= 0.3 is 6.18 Å². The zero-order chi connectivity index (χ0) is 17.8. The Morgan fingerprint density at radius 2 is 1.25 bits per heavy atom. The van der Waals surface area contributed by atoms with Crippen molar-refractivity contribution in [3.05, 3.63) is 23.8 Å². The van der Waals surface area contributed by atoms with Gasteiger partial charge in [0.2, 0.25) is 5.82 Å². The molecule has 0 radical (unpaired) electrons. The molecule has 1 atom stereocenters. The first-order valence-corrected chi connectivity index (χ1v) is 9.38. The Bertz CT molecular complexity index is 429. The van der Waals surface area contributed by atoms with Crippen molar-refractivity contribution < 1.29 is 13.2 Å². The smallest absolute Gasteiger partial charge is 0.233 e. The van der Waals surface area contributed by atoms with Gasteiger partial charge in [-0.25, -0.2) is 9.97 Å². The molecule has 0 N–H and O–H groups in total. The average molecular weight is 344 g/mol. The maximum Gasteiger partial charge on any atom is 0.451 e. The van der Waals surface area contributed by atoms with Gasteiger partial charge in [0.05, 0.1) is 0 Å². The Kier molecular flexibility index (Phi) is 9.96. The Morgan fingerprint density at radius 1 is 0.792 bits per heavy atom. The van der Waals surface area contributed by atoms with Crippen molar-refractivity contribution in [2.45, 2.75) is 96.6 Å². The van der Waals surface area contributed by atoms with Gasteiger partial charge in [-0.2, -0.15) is 13.2 Å². The van der Waals surface area contributed by atoms with Crippen LogP contribution >= 0.6 is 0 Å². The topological polar surface area (TPSA) is 25.8 Å². The third kappa shape index (κ3) is 8.11. The van der Waals surface area contributed by atoms with Crippen molar-refractivity contribution in [1.29, 1.82) is 0 Å². The van der Waals surface area contributed by atoms with Gasteiger partial charge in [0.15, 0.2) is 0 Å². The lowest BCUT2D eigenvalue weighted by molar-refractivity contribution is -0.145. The quantitative estimate of drug-likeness (QED) is 0.385. The minimum Gasteiger partial charge on any atom is -0.233 e. The number of hydrogen-bond donors (Lipinski definition) is 0. The van der Waals surface area contributed by atoms with Gasteiger partial charge in [-0.05, 0) is 24.3 Å². The largest absolute Gasteiger partial charge is 0.451 e. The molecule has 1 aromatic rings. The first-order chi connectivity index (χ1) is 11.5. The van der Waals surface area contributed by atoms with Crippen molar-refractivity contribution in [2.24, 2.45) is 0 Å². The van der Waals surface area contributed by atoms with Crippen LogP contribution in [0.25, 0.3) is 0 Å². The predicted molar refractivity (Wildman–Crippen MR) is 91.9 cm³/mol. The zero-order valence-electron chi connectivity index (χ0n) is 15.0. The summed E-state index contributed by atoms with van der Waals surface area (Å²) in [7, 11) is 0. The van der Waals surface area contributed by atoms with E-state index in [2.05, 4.69) is 23.8 Å². The summed E-state index contributed by atoms with van der Waals surface area (Å²) in [6, 6.07) is 0. The summed E-state index contributed by atoms with van der Waals surface area (Å²) in [5.41, 5.74) is 0.856. The Morgan fingerprint density at radius 3 is 1.71 bits per heavy atom. The molecule has 0 amide bonds. The maximum absolute atomic E-state index is 12.6. The van der Waals surface area contributed by atoms with Crippen LogP contribution in [0.3, 0.4) is 0 Å². The molecule has 0 aliphatic rings. The molecule has 24 heavy (non-hydrogen) atoms. The van der Waals surface area contributed by atoms with Gasteiger partial charge in [-0.15, -0.1) is 0 Å². The van der Waals surface area contributed by atoms with Gasteiger partial charge in [-0.1, -0.05) is 71.6 Å². The first-order valence-electron chi connectivity index (χ1n) is 9.38. The van der Waals surface area contributed by atoms with E-state index in [0.717, 1.165) is 31.2 Å². The highest BCUT2D eigenvalue weighted by Gasteiger charge is 2.34. The summed E-state index contributed by atoms with van der Waals surface area (Å²) < 4.78 is 37.8. The van der Waals surface area contributed by atoms with E-state index in [-0.39, 0.29) is 5.92 Å². The van der Waals surface area contributed by atoms with Crippen LogP contribution in [0, 0.1) is 0 Å². The van der Waals surface area contributed by atoms with Crippen LogP contribution in [-0.4, -0.2) is 9.97 Å². The van der Waals surface area contributed by atoms with Crippen molar-refractivity contribution in [1.82, 2.24) is 9.97 Å². The van der Waals surface area contributed by atoms with Gasteiger partial charge in [0.1, 0.15) is 0 Å². The monoisotopic (exact) mass is 344 g/mol. The van der Waals surface area contributed by atoms with E-state index in [1.807, 2.05) is 0 Å². The van der Waals surface area contributed by atoms with Crippen LogP contribution in [0.4, 0.5) is 13.2 Å². The second kappa shape index (κ2) is 11.4. The zero-order valence-corrected chi connectivity index (χ0v) is 15.0. The summed E-state index contributed by atoms with van der Waals surface area (Å²) in [6.45, 7) is 4.37. The molecule has 0 aromatic carbocycles.